The summed E-state index contributed by atoms with van der Waals surface area (Å²) in [6.07, 6.45) is -4.38. The van der Waals surface area contributed by atoms with Crippen LogP contribution in [0.15, 0.2) is 59.5 Å². The normalized spacial score (nSPS) is 12.7. The number of hydrogen-bond donors (Lipinski definition) is 1. The van der Waals surface area contributed by atoms with Gasteiger partial charge in [0.1, 0.15) is 0 Å². The fraction of sp³-hybridized carbons (Fsp3) is 0.188. The highest BCUT2D eigenvalue weighted by Crippen LogP contribution is 2.33. The molecule has 0 bridgehead atoms. The quantitative estimate of drug-likeness (QED) is 0.816. The van der Waals surface area contributed by atoms with Gasteiger partial charge in [-0.05, 0) is 37.3 Å². The van der Waals surface area contributed by atoms with E-state index >= 15 is 0 Å². The van der Waals surface area contributed by atoms with E-state index in [2.05, 4.69) is 5.32 Å². The first-order valence-electron chi connectivity index (χ1n) is 6.56. The summed E-state index contributed by atoms with van der Waals surface area (Å²) >= 11 is 1.09. The molecular formula is C16H14F3NOS. The zero-order valence-electron chi connectivity index (χ0n) is 11.7. The number of anilines is 1. The lowest BCUT2D eigenvalue weighted by atomic mass is 10.2. The molecule has 1 atom stereocenters. The fourth-order valence-electron chi connectivity index (χ4n) is 1.77. The van der Waals surface area contributed by atoms with Crippen molar-refractivity contribution in [3.8, 4) is 0 Å². The predicted octanol–water partition coefficient (Wildman–Crippen LogP) is 4.82. The van der Waals surface area contributed by atoms with Crippen molar-refractivity contribution < 1.29 is 18.0 Å². The van der Waals surface area contributed by atoms with Crippen molar-refractivity contribution in [1.82, 2.24) is 0 Å². The van der Waals surface area contributed by atoms with E-state index in [0.717, 1.165) is 23.9 Å². The first-order valence-corrected chi connectivity index (χ1v) is 7.44. The minimum atomic E-state index is -4.38. The Balaban J connectivity index is 2.02. The minimum Gasteiger partial charge on any atom is -0.325 e. The van der Waals surface area contributed by atoms with Crippen molar-refractivity contribution in [2.45, 2.75) is 23.2 Å². The van der Waals surface area contributed by atoms with Crippen LogP contribution < -0.4 is 5.32 Å². The zero-order valence-corrected chi connectivity index (χ0v) is 12.5. The number of alkyl halides is 3. The van der Waals surface area contributed by atoms with Crippen LogP contribution in [0.3, 0.4) is 0 Å². The van der Waals surface area contributed by atoms with E-state index in [0.29, 0.717) is 10.6 Å². The Bertz CT molecular complexity index is 643. The average Bonchev–Trinajstić information content (AvgIpc) is 2.47. The summed E-state index contributed by atoms with van der Waals surface area (Å²) < 4.78 is 38.0. The molecular weight excluding hydrogens is 311 g/mol. The number of benzene rings is 2. The van der Waals surface area contributed by atoms with Gasteiger partial charge in [-0.25, -0.2) is 0 Å². The van der Waals surface area contributed by atoms with E-state index in [4.69, 9.17) is 0 Å². The number of carbonyl (C=O) groups is 1. The van der Waals surface area contributed by atoms with Crippen molar-refractivity contribution in [3.05, 3.63) is 60.2 Å². The topological polar surface area (TPSA) is 29.1 Å². The van der Waals surface area contributed by atoms with E-state index < -0.39 is 17.0 Å². The zero-order chi connectivity index (χ0) is 16.2. The van der Waals surface area contributed by atoms with Gasteiger partial charge in [0.05, 0.1) is 10.8 Å². The molecule has 0 aliphatic heterocycles. The minimum absolute atomic E-state index is 0.256. The smallest absolute Gasteiger partial charge is 0.325 e. The molecule has 2 aromatic rings. The third kappa shape index (κ3) is 4.53. The number of para-hydroxylation sites is 1. The molecule has 0 aromatic heterocycles. The van der Waals surface area contributed by atoms with Crippen LogP contribution in [0.1, 0.15) is 12.5 Å². The molecule has 0 heterocycles. The van der Waals surface area contributed by atoms with Crippen molar-refractivity contribution in [2.75, 3.05) is 5.32 Å². The summed E-state index contributed by atoms with van der Waals surface area (Å²) in [6, 6.07) is 13.9. The van der Waals surface area contributed by atoms with Gasteiger partial charge in [-0.1, -0.05) is 24.3 Å². The second kappa shape index (κ2) is 6.87. The van der Waals surface area contributed by atoms with Crippen molar-refractivity contribution in [2.24, 2.45) is 0 Å². The van der Waals surface area contributed by atoms with Crippen LogP contribution in [0.5, 0.6) is 0 Å². The predicted molar refractivity (Wildman–Crippen MR) is 81.8 cm³/mol. The fourth-order valence-corrected chi connectivity index (χ4v) is 2.70. The summed E-state index contributed by atoms with van der Waals surface area (Å²) in [4.78, 5) is 12.5. The average molecular weight is 325 g/mol. The third-order valence-electron chi connectivity index (χ3n) is 2.88. The maximum absolute atomic E-state index is 12.7. The SMILES string of the molecule is C[C@@H](Sc1cccc(C(F)(F)F)c1)C(=O)Nc1ccccc1. The number of rotatable bonds is 4. The van der Waals surface area contributed by atoms with Gasteiger partial charge < -0.3 is 5.32 Å². The van der Waals surface area contributed by atoms with E-state index in [1.54, 1.807) is 37.3 Å². The first kappa shape index (κ1) is 16.4. The summed E-state index contributed by atoms with van der Waals surface area (Å²) in [5.41, 5.74) is -0.0582. The maximum atomic E-state index is 12.7. The molecule has 1 N–H and O–H groups in total. The van der Waals surface area contributed by atoms with Gasteiger partial charge in [0, 0.05) is 10.6 Å². The van der Waals surface area contributed by atoms with Gasteiger partial charge in [0.15, 0.2) is 0 Å². The van der Waals surface area contributed by atoms with Crippen LogP contribution in [0.2, 0.25) is 0 Å². The molecule has 0 spiro atoms. The van der Waals surface area contributed by atoms with Crippen molar-refractivity contribution >= 4 is 23.4 Å². The first-order chi connectivity index (χ1) is 10.4. The molecule has 0 aliphatic carbocycles. The second-order valence-electron chi connectivity index (χ2n) is 4.64. The number of thioether (sulfide) groups is 1. The highest BCUT2D eigenvalue weighted by Gasteiger charge is 2.30. The van der Waals surface area contributed by atoms with Gasteiger partial charge in [-0.3, -0.25) is 4.79 Å². The van der Waals surface area contributed by atoms with E-state index in [-0.39, 0.29) is 5.91 Å². The van der Waals surface area contributed by atoms with Crippen LogP contribution >= 0.6 is 11.8 Å². The highest BCUT2D eigenvalue weighted by molar-refractivity contribution is 8.00. The van der Waals surface area contributed by atoms with Gasteiger partial charge in [-0.2, -0.15) is 13.2 Å². The molecule has 0 saturated carbocycles. The third-order valence-corrected chi connectivity index (χ3v) is 3.98. The van der Waals surface area contributed by atoms with Crippen molar-refractivity contribution in [3.63, 3.8) is 0 Å². The van der Waals surface area contributed by atoms with Crippen LogP contribution in [0.4, 0.5) is 18.9 Å². The Hall–Kier alpha value is -1.95. The standard InChI is InChI=1S/C16H14F3NOS/c1-11(15(21)20-13-7-3-2-4-8-13)22-14-9-5-6-12(10-14)16(17,18)19/h2-11H,1H3,(H,20,21)/t11-/m1/s1. The molecule has 6 heteroatoms. The molecule has 1 amide bonds. The van der Waals surface area contributed by atoms with Gasteiger partial charge in [-0.15, -0.1) is 11.8 Å². The lowest BCUT2D eigenvalue weighted by Crippen LogP contribution is -2.22. The molecule has 2 nitrogen and oxygen atoms in total. The Morgan fingerprint density at radius 1 is 1.09 bits per heavy atom. The number of carbonyl (C=O) groups excluding carboxylic acids is 1. The monoisotopic (exact) mass is 325 g/mol. The van der Waals surface area contributed by atoms with E-state index in [1.165, 1.54) is 6.07 Å². The van der Waals surface area contributed by atoms with Crippen LogP contribution in [-0.4, -0.2) is 11.2 Å². The Morgan fingerprint density at radius 2 is 1.77 bits per heavy atom. The number of hydrogen-bond acceptors (Lipinski definition) is 2. The van der Waals surface area contributed by atoms with Crippen molar-refractivity contribution in [1.29, 1.82) is 0 Å². The van der Waals surface area contributed by atoms with Crippen LogP contribution in [-0.2, 0) is 11.0 Å². The Morgan fingerprint density at radius 3 is 2.41 bits per heavy atom. The van der Waals surface area contributed by atoms with E-state index in [1.807, 2.05) is 6.07 Å². The number of nitrogens with one attached hydrogen (secondary N) is 1. The Labute approximate surface area is 130 Å². The van der Waals surface area contributed by atoms with Gasteiger partial charge in [0.25, 0.3) is 0 Å². The molecule has 2 rings (SSSR count). The van der Waals surface area contributed by atoms with Gasteiger partial charge in [0.2, 0.25) is 5.91 Å². The number of amides is 1. The lowest BCUT2D eigenvalue weighted by molar-refractivity contribution is -0.137. The largest absolute Gasteiger partial charge is 0.416 e. The second-order valence-corrected chi connectivity index (χ2v) is 6.06. The molecule has 0 fully saturated rings. The molecule has 116 valence electrons. The lowest BCUT2D eigenvalue weighted by Gasteiger charge is -2.13. The Kier molecular flexibility index (Phi) is 5.13. The van der Waals surface area contributed by atoms with Crippen LogP contribution in [0, 0.1) is 0 Å². The van der Waals surface area contributed by atoms with Crippen LogP contribution in [0.25, 0.3) is 0 Å². The van der Waals surface area contributed by atoms with Gasteiger partial charge >= 0.3 is 6.18 Å². The molecule has 0 radical (unpaired) electrons. The number of halogens is 3. The molecule has 0 aliphatic rings. The van der Waals surface area contributed by atoms with E-state index in [9.17, 15) is 18.0 Å². The molecule has 0 unspecified atom stereocenters. The summed E-state index contributed by atoms with van der Waals surface area (Å²) in [6.45, 7) is 1.66. The summed E-state index contributed by atoms with van der Waals surface area (Å²) in [5.74, 6) is -0.256. The molecule has 0 saturated heterocycles. The molecule has 2 aromatic carbocycles. The molecule has 22 heavy (non-hydrogen) atoms. The summed E-state index contributed by atoms with van der Waals surface area (Å²) in [7, 11) is 0. The maximum Gasteiger partial charge on any atom is 0.416 e. The summed E-state index contributed by atoms with van der Waals surface area (Å²) in [5, 5.41) is 2.21. The highest BCUT2D eigenvalue weighted by atomic mass is 32.2.